The molecule has 0 fully saturated rings. The Kier molecular flexibility index (Phi) is 5.01. The Morgan fingerprint density at radius 1 is 1.35 bits per heavy atom. The molecule has 17 heavy (non-hydrogen) atoms. The quantitative estimate of drug-likeness (QED) is 0.783. The minimum absolute atomic E-state index is 1.07. The highest BCUT2D eigenvalue weighted by atomic mass is 32.1. The summed E-state index contributed by atoms with van der Waals surface area (Å²) in [5, 5.41) is 3.38. The second-order valence-electron chi connectivity index (χ2n) is 4.96. The highest BCUT2D eigenvalue weighted by Crippen LogP contribution is 2.30. The number of likely N-dealkylation sites (N-methyl/N-ethyl adjacent to an activating group) is 2. The molecule has 0 bridgehead atoms. The van der Waals surface area contributed by atoms with Crippen LogP contribution in [-0.2, 0) is 19.4 Å². The standard InChI is InChI=1S/C14H24N2S/c1-3-15-8-9-16(2)11-13-10-12-6-4-5-7-14(12)17-13/h10,15H,3-9,11H2,1-2H3. The third-order valence-electron chi connectivity index (χ3n) is 3.39. The van der Waals surface area contributed by atoms with Gasteiger partial charge in [0.25, 0.3) is 0 Å². The summed E-state index contributed by atoms with van der Waals surface area (Å²) in [6, 6.07) is 2.45. The molecule has 3 heteroatoms. The largest absolute Gasteiger partial charge is 0.316 e. The van der Waals surface area contributed by atoms with E-state index < -0.39 is 0 Å². The monoisotopic (exact) mass is 252 g/mol. The van der Waals surface area contributed by atoms with Gasteiger partial charge in [-0.2, -0.15) is 0 Å². The van der Waals surface area contributed by atoms with E-state index in [9.17, 15) is 0 Å². The average Bonchev–Trinajstić information content (AvgIpc) is 2.71. The van der Waals surface area contributed by atoms with Crippen LogP contribution < -0.4 is 5.32 Å². The molecular formula is C14H24N2S. The van der Waals surface area contributed by atoms with Crippen LogP contribution in [0.5, 0.6) is 0 Å². The Hall–Kier alpha value is -0.380. The number of aryl methyl sites for hydroxylation is 2. The highest BCUT2D eigenvalue weighted by Gasteiger charge is 2.13. The van der Waals surface area contributed by atoms with Crippen LogP contribution in [0.4, 0.5) is 0 Å². The lowest BCUT2D eigenvalue weighted by molar-refractivity contribution is 0.328. The van der Waals surface area contributed by atoms with Crippen LogP contribution in [0.3, 0.4) is 0 Å². The summed E-state index contributed by atoms with van der Waals surface area (Å²) in [4.78, 5) is 5.63. The predicted molar refractivity (Wildman–Crippen MR) is 75.8 cm³/mol. The average molecular weight is 252 g/mol. The van der Waals surface area contributed by atoms with Crippen LogP contribution in [0.1, 0.15) is 35.1 Å². The van der Waals surface area contributed by atoms with Crippen LogP contribution in [0.15, 0.2) is 6.07 Å². The molecule has 96 valence electrons. The molecule has 1 aliphatic carbocycles. The molecule has 2 rings (SSSR count). The first kappa shape index (κ1) is 13.1. The van der Waals surface area contributed by atoms with Crippen molar-refractivity contribution in [3.05, 3.63) is 21.4 Å². The second kappa shape index (κ2) is 6.53. The molecule has 1 aromatic rings. The number of hydrogen-bond donors (Lipinski definition) is 1. The van der Waals surface area contributed by atoms with Crippen LogP contribution >= 0.6 is 11.3 Å². The van der Waals surface area contributed by atoms with Gasteiger partial charge >= 0.3 is 0 Å². The fourth-order valence-corrected chi connectivity index (χ4v) is 3.76. The van der Waals surface area contributed by atoms with Crippen molar-refractivity contribution in [3.8, 4) is 0 Å². The van der Waals surface area contributed by atoms with E-state index in [1.165, 1.54) is 25.7 Å². The van der Waals surface area contributed by atoms with Crippen molar-refractivity contribution in [1.82, 2.24) is 10.2 Å². The highest BCUT2D eigenvalue weighted by molar-refractivity contribution is 7.12. The summed E-state index contributed by atoms with van der Waals surface area (Å²) in [6.45, 7) is 6.58. The summed E-state index contributed by atoms with van der Waals surface area (Å²) >= 11 is 2.04. The first-order valence-corrected chi connectivity index (χ1v) is 7.61. The maximum Gasteiger partial charge on any atom is 0.0325 e. The molecule has 0 amide bonds. The number of fused-ring (bicyclic) bond motifs is 1. The van der Waals surface area contributed by atoms with Crippen molar-refractivity contribution < 1.29 is 0 Å². The third kappa shape index (κ3) is 3.80. The van der Waals surface area contributed by atoms with Crippen LogP contribution in [-0.4, -0.2) is 31.6 Å². The van der Waals surface area contributed by atoms with Gasteiger partial charge in [0.15, 0.2) is 0 Å². The topological polar surface area (TPSA) is 15.3 Å². The van der Waals surface area contributed by atoms with Gasteiger partial charge in [-0.15, -0.1) is 11.3 Å². The summed E-state index contributed by atoms with van der Waals surface area (Å²) in [6.07, 6.45) is 5.41. The molecule has 0 spiro atoms. The van der Waals surface area contributed by atoms with E-state index in [0.717, 1.165) is 26.2 Å². The Labute approximate surface area is 109 Å². The number of nitrogens with one attached hydrogen (secondary N) is 1. The Morgan fingerprint density at radius 2 is 2.18 bits per heavy atom. The van der Waals surface area contributed by atoms with Crippen molar-refractivity contribution in [2.24, 2.45) is 0 Å². The number of hydrogen-bond acceptors (Lipinski definition) is 3. The van der Waals surface area contributed by atoms with Gasteiger partial charge in [-0.1, -0.05) is 6.92 Å². The van der Waals surface area contributed by atoms with Gasteiger partial charge in [-0.05, 0) is 50.9 Å². The molecule has 0 saturated carbocycles. The second-order valence-corrected chi connectivity index (χ2v) is 6.18. The summed E-state index contributed by atoms with van der Waals surface area (Å²) in [5.41, 5.74) is 1.64. The van der Waals surface area contributed by atoms with Crippen molar-refractivity contribution >= 4 is 11.3 Å². The van der Waals surface area contributed by atoms with Crippen molar-refractivity contribution in [3.63, 3.8) is 0 Å². The number of rotatable bonds is 6. The van der Waals surface area contributed by atoms with Gasteiger partial charge in [-0.25, -0.2) is 0 Å². The van der Waals surface area contributed by atoms with Crippen molar-refractivity contribution in [1.29, 1.82) is 0 Å². The van der Waals surface area contributed by atoms with Crippen molar-refractivity contribution in [2.45, 2.75) is 39.2 Å². The van der Waals surface area contributed by atoms with Gasteiger partial charge in [0.2, 0.25) is 0 Å². The minimum Gasteiger partial charge on any atom is -0.316 e. The zero-order valence-electron chi connectivity index (χ0n) is 11.1. The van der Waals surface area contributed by atoms with E-state index in [4.69, 9.17) is 0 Å². The lowest BCUT2D eigenvalue weighted by atomic mass is 9.99. The van der Waals surface area contributed by atoms with Gasteiger partial charge in [0.1, 0.15) is 0 Å². The van der Waals surface area contributed by atoms with Crippen LogP contribution in [0.2, 0.25) is 0 Å². The fourth-order valence-electron chi connectivity index (χ4n) is 2.42. The molecule has 0 aromatic carbocycles. The maximum atomic E-state index is 3.38. The molecule has 1 aromatic heterocycles. The summed E-state index contributed by atoms with van der Waals surface area (Å²) in [5.74, 6) is 0. The summed E-state index contributed by atoms with van der Waals surface area (Å²) in [7, 11) is 2.22. The van der Waals surface area contributed by atoms with Gasteiger partial charge in [0, 0.05) is 29.4 Å². The molecule has 1 heterocycles. The normalized spacial score (nSPS) is 15.2. The molecule has 1 N–H and O–H groups in total. The molecule has 2 nitrogen and oxygen atoms in total. The Balaban J connectivity index is 1.83. The van der Waals surface area contributed by atoms with Gasteiger partial charge < -0.3 is 10.2 Å². The van der Waals surface area contributed by atoms with Crippen molar-refractivity contribution in [2.75, 3.05) is 26.7 Å². The van der Waals surface area contributed by atoms with E-state index in [2.05, 4.69) is 30.3 Å². The molecular weight excluding hydrogens is 228 g/mol. The van der Waals surface area contributed by atoms with E-state index in [1.54, 1.807) is 15.3 Å². The van der Waals surface area contributed by atoms with E-state index in [1.807, 2.05) is 11.3 Å². The van der Waals surface area contributed by atoms with E-state index >= 15 is 0 Å². The molecule has 0 aliphatic heterocycles. The Bertz CT molecular complexity index is 322. The van der Waals surface area contributed by atoms with E-state index in [0.29, 0.717) is 0 Å². The molecule has 0 radical (unpaired) electrons. The molecule has 0 saturated heterocycles. The summed E-state index contributed by atoms with van der Waals surface area (Å²) < 4.78 is 0. The van der Waals surface area contributed by atoms with Crippen LogP contribution in [0, 0.1) is 0 Å². The SMILES string of the molecule is CCNCCN(C)Cc1cc2c(s1)CCCC2. The van der Waals surface area contributed by atoms with Crippen LogP contribution in [0.25, 0.3) is 0 Å². The number of thiophene rings is 1. The first-order chi connectivity index (χ1) is 8.29. The van der Waals surface area contributed by atoms with Gasteiger partial charge in [-0.3, -0.25) is 0 Å². The molecule has 0 atom stereocenters. The van der Waals surface area contributed by atoms with E-state index in [-0.39, 0.29) is 0 Å². The third-order valence-corrected chi connectivity index (χ3v) is 4.62. The molecule has 1 aliphatic rings. The predicted octanol–water partition coefficient (Wildman–Crippen LogP) is 2.67. The number of nitrogens with zero attached hydrogens (tertiary/aromatic N) is 1. The fraction of sp³-hybridized carbons (Fsp3) is 0.714. The minimum atomic E-state index is 1.07. The Morgan fingerprint density at radius 3 is 2.94 bits per heavy atom. The maximum absolute atomic E-state index is 3.38. The molecule has 0 unspecified atom stereocenters. The smallest absolute Gasteiger partial charge is 0.0325 e. The van der Waals surface area contributed by atoms with Gasteiger partial charge in [0.05, 0.1) is 0 Å². The zero-order chi connectivity index (χ0) is 12.1. The zero-order valence-corrected chi connectivity index (χ0v) is 11.9. The lowest BCUT2D eigenvalue weighted by Gasteiger charge is -2.15. The lowest BCUT2D eigenvalue weighted by Crippen LogP contribution is -2.28. The first-order valence-electron chi connectivity index (χ1n) is 6.79.